The summed E-state index contributed by atoms with van der Waals surface area (Å²) in [6.07, 6.45) is -2.18. The van der Waals surface area contributed by atoms with E-state index >= 15 is 0 Å². The lowest BCUT2D eigenvalue weighted by Gasteiger charge is -2.12. The van der Waals surface area contributed by atoms with Gasteiger partial charge in [-0.1, -0.05) is 5.16 Å². The van der Waals surface area contributed by atoms with Gasteiger partial charge in [0, 0.05) is 18.4 Å². The molecule has 92 valence electrons. The zero-order valence-electron chi connectivity index (χ0n) is 8.70. The van der Waals surface area contributed by atoms with E-state index in [0.717, 1.165) is 18.9 Å². The lowest BCUT2D eigenvalue weighted by molar-refractivity contribution is -0.146. The molecular weight excluding hydrogens is 237 g/mol. The molecule has 0 amide bonds. The molecule has 0 N–H and O–H groups in total. The molecule has 1 aromatic rings. The summed E-state index contributed by atoms with van der Waals surface area (Å²) in [4.78, 5) is 12.7. The molecule has 1 unspecified atom stereocenters. The molecule has 0 bridgehead atoms. The molecule has 1 atom stereocenters. The maximum Gasteiger partial charge on any atom is 0.412 e. The van der Waals surface area contributed by atoms with Crippen LogP contribution >= 0.6 is 0 Å². The summed E-state index contributed by atoms with van der Waals surface area (Å²) in [5.74, 6) is 0.895. The fourth-order valence-electron chi connectivity index (χ4n) is 1.48. The first-order valence-corrected chi connectivity index (χ1v) is 5.10. The van der Waals surface area contributed by atoms with Crippen molar-refractivity contribution in [1.29, 1.82) is 0 Å². The Balaban J connectivity index is 2.08. The van der Waals surface area contributed by atoms with Gasteiger partial charge in [0.1, 0.15) is 5.76 Å². The molecule has 1 heterocycles. The minimum atomic E-state index is -4.57. The number of aromatic nitrogens is 1. The predicted molar refractivity (Wildman–Crippen MR) is 50.1 cm³/mol. The average Bonchev–Trinajstić information content (AvgIpc) is 2.98. The summed E-state index contributed by atoms with van der Waals surface area (Å²) in [5.41, 5.74) is 0.160. The molecule has 0 radical (unpaired) electrons. The predicted octanol–water partition coefficient (Wildman–Crippen LogP) is 2.36. The molecule has 17 heavy (non-hydrogen) atoms. The third-order valence-electron chi connectivity index (χ3n) is 2.55. The van der Waals surface area contributed by atoms with Crippen LogP contribution in [-0.2, 0) is 11.2 Å². The van der Waals surface area contributed by atoms with Gasteiger partial charge in [-0.25, -0.2) is 4.79 Å². The van der Waals surface area contributed by atoms with Gasteiger partial charge in [-0.05, 0) is 12.8 Å². The molecule has 1 aliphatic carbocycles. The minimum Gasteiger partial charge on any atom is -0.361 e. The molecule has 0 saturated heterocycles. The number of hydrogen-bond acceptors (Lipinski definition) is 4. The van der Waals surface area contributed by atoms with Crippen LogP contribution in [0.3, 0.4) is 0 Å². The van der Waals surface area contributed by atoms with Crippen molar-refractivity contribution < 1.29 is 22.5 Å². The van der Waals surface area contributed by atoms with Crippen LogP contribution in [0.4, 0.5) is 13.2 Å². The first-order chi connectivity index (χ1) is 8.00. The van der Waals surface area contributed by atoms with E-state index in [4.69, 9.17) is 4.52 Å². The van der Waals surface area contributed by atoms with E-state index in [1.165, 1.54) is 6.07 Å². The Bertz CT molecular complexity index is 445. The summed E-state index contributed by atoms with van der Waals surface area (Å²) >= 11 is 0. The number of aliphatic imine (C=N–C) groups is 1. The van der Waals surface area contributed by atoms with Gasteiger partial charge in [0.25, 0.3) is 0 Å². The van der Waals surface area contributed by atoms with Crippen molar-refractivity contribution in [3.63, 3.8) is 0 Å². The van der Waals surface area contributed by atoms with Crippen LogP contribution in [-0.4, -0.2) is 23.5 Å². The van der Waals surface area contributed by atoms with Crippen LogP contribution in [0.25, 0.3) is 0 Å². The van der Waals surface area contributed by atoms with E-state index in [-0.39, 0.29) is 11.6 Å². The van der Waals surface area contributed by atoms with Gasteiger partial charge in [-0.15, -0.1) is 0 Å². The van der Waals surface area contributed by atoms with E-state index in [9.17, 15) is 18.0 Å². The Hall–Kier alpha value is -1.62. The highest BCUT2D eigenvalue weighted by Gasteiger charge is 2.40. The topological polar surface area (TPSA) is 55.5 Å². The number of isocyanates is 1. The molecule has 1 saturated carbocycles. The molecule has 0 aliphatic heterocycles. The van der Waals surface area contributed by atoms with E-state index in [1.54, 1.807) is 0 Å². The zero-order chi connectivity index (χ0) is 12.5. The van der Waals surface area contributed by atoms with Gasteiger partial charge >= 0.3 is 6.18 Å². The van der Waals surface area contributed by atoms with Crippen molar-refractivity contribution in [2.75, 3.05) is 0 Å². The molecule has 1 aromatic heterocycles. The van der Waals surface area contributed by atoms with Crippen molar-refractivity contribution in [1.82, 2.24) is 5.16 Å². The maximum atomic E-state index is 12.4. The van der Waals surface area contributed by atoms with Crippen molar-refractivity contribution in [3.8, 4) is 0 Å². The van der Waals surface area contributed by atoms with Crippen LogP contribution in [0.5, 0.6) is 0 Å². The second-order valence-electron chi connectivity index (χ2n) is 3.98. The first-order valence-electron chi connectivity index (χ1n) is 5.10. The van der Waals surface area contributed by atoms with Gasteiger partial charge in [0.15, 0.2) is 6.04 Å². The highest BCUT2D eigenvalue weighted by Crippen LogP contribution is 2.40. The third kappa shape index (κ3) is 2.94. The number of carbonyl (C=O) groups excluding carboxylic acids is 1. The van der Waals surface area contributed by atoms with E-state index in [1.807, 2.05) is 0 Å². The van der Waals surface area contributed by atoms with E-state index in [0.29, 0.717) is 5.76 Å². The summed E-state index contributed by atoms with van der Waals surface area (Å²) in [6, 6.07) is -0.603. The highest BCUT2D eigenvalue weighted by molar-refractivity contribution is 5.34. The normalized spacial score (nSPS) is 17.6. The fourth-order valence-corrected chi connectivity index (χ4v) is 1.48. The van der Waals surface area contributed by atoms with E-state index < -0.39 is 18.6 Å². The largest absolute Gasteiger partial charge is 0.412 e. The highest BCUT2D eigenvalue weighted by atomic mass is 19.4. The summed E-state index contributed by atoms with van der Waals surface area (Å²) in [7, 11) is 0. The molecule has 0 aromatic carbocycles. The molecule has 4 nitrogen and oxygen atoms in total. The van der Waals surface area contributed by atoms with Crippen LogP contribution in [0.15, 0.2) is 15.6 Å². The van der Waals surface area contributed by atoms with Gasteiger partial charge in [-0.3, -0.25) is 0 Å². The second kappa shape index (κ2) is 4.33. The Morgan fingerprint density at radius 3 is 2.82 bits per heavy atom. The number of hydrogen-bond donors (Lipinski definition) is 0. The van der Waals surface area contributed by atoms with Crippen LogP contribution < -0.4 is 0 Å². The number of rotatable bonds is 4. The minimum absolute atomic E-state index is 0.160. The Morgan fingerprint density at radius 1 is 1.59 bits per heavy atom. The van der Waals surface area contributed by atoms with Crippen LogP contribution in [0.1, 0.15) is 30.2 Å². The van der Waals surface area contributed by atoms with Gasteiger partial charge in [-0.2, -0.15) is 18.2 Å². The van der Waals surface area contributed by atoms with Gasteiger partial charge < -0.3 is 4.52 Å². The Kier molecular flexibility index (Phi) is 3.02. The molecule has 0 spiro atoms. The van der Waals surface area contributed by atoms with Crippen molar-refractivity contribution in [3.05, 3.63) is 17.5 Å². The van der Waals surface area contributed by atoms with Crippen LogP contribution in [0, 0.1) is 0 Å². The lowest BCUT2D eigenvalue weighted by Crippen LogP contribution is -2.29. The molecular formula is C10H9F3N2O2. The monoisotopic (exact) mass is 246 g/mol. The molecule has 1 fully saturated rings. The number of alkyl halides is 3. The molecule has 1 aliphatic rings. The Morgan fingerprint density at radius 2 is 2.29 bits per heavy atom. The maximum absolute atomic E-state index is 12.4. The summed E-state index contributed by atoms with van der Waals surface area (Å²) < 4.78 is 42.2. The number of nitrogens with zero attached hydrogens (tertiary/aromatic N) is 2. The van der Waals surface area contributed by atoms with Crippen molar-refractivity contribution in [2.45, 2.75) is 37.4 Å². The first kappa shape index (κ1) is 11.9. The van der Waals surface area contributed by atoms with E-state index in [2.05, 4.69) is 10.1 Å². The fraction of sp³-hybridized carbons (Fsp3) is 0.600. The smallest absolute Gasteiger partial charge is 0.361 e. The zero-order valence-corrected chi connectivity index (χ0v) is 8.70. The second-order valence-corrected chi connectivity index (χ2v) is 3.98. The Labute approximate surface area is 94.5 Å². The quantitative estimate of drug-likeness (QED) is 0.605. The molecule has 7 heteroatoms. The van der Waals surface area contributed by atoms with Crippen molar-refractivity contribution >= 4 is 6.08 Å². The summed E-state index contributed by atoms with van der Waals surface area (Å²) in [6.45, 7) is 0. The van der Waals surface area contributed by atoms with Crippen molar-refractivity contribution in [2.24, 2.45) is 4.99 Å². The van der Waals surface area contributed by atoms with Crippen LogP contribution in [0.2, 0.25) is 0 Å². The lowest BCUT2D eigenvalue weighted by atomic mass is 10.1. The molecule has 2 rings (SSSR count). The van der Waals surface area contributed by atoms with Gasteiger partial charge in [0.2, 0.25) is 6.08 Å². The average molecular weight is 246 g/mol. The SMILES string of the molecule is O=C=NC(Cc1cc(C2CC2)on1)C(F)(F)F. The van der Waals surface area contributed by atoms with Gasteiger partial charge in [0.05, 0.1) is 5.69 Å². The number of halogens is 3. The summed E-state index contributed by atoms with van der Waals surface area (Å²) in [5, 5.41) is 3.55. The standard InChI is InChI=1S/C10H9F3N2O2/c11-10(12,13)9(14-5-16)4-7-3-8(17-15-7)6-1-2-6/h3,6,9H,1-2,4H2. The third-order valence-corrected chi connectivity index (χ3v) is 2.55.